The Morgan fingerprint density at radius 2 is 1.81 bits per heavy atom. The van der Waals surface area contributed by atoms with E-state index in [1.54, 1.807) is 7.11 Å². The van der Waals surface area contributed by atoms with Gasteiger partial charge in [0.25, 0.3) is 5.91 Å². The molecule has 0 spiro atoms. The van der Waals surface area contributed by atoms with Gasteiger partial charge in [0.15, 0.2) is 0 Å². The number of hydrogen-bond acceptors (Lipinski definition) is 3. The maximum atomic E-state index is 12.7. The molecule has 1 N–H and O–H groups in total. The molecule has 1 atom stereocenters. The lowest BCUT2D eigenvalue weighted by Crippen LogP contribution is -2.42. The molecular formula is C23H30N2O2. The van der Waals surface area contributed by atoms with Gasteiger partial charge in [-0.25, -0.2) is 0 Å². The third-order valence-electron chi connectivity index (χ3n) is 5.60. The van der Waals surface area contributed by atoms with E-state index in [4.69, 9.17) is 4.74 Å². The van der Waals surface area contributed by atoms with E-state index < -0.39 is 0 Å². The molecule has 0 aromatic heterocycles. The molecule has 1 saturated heterocycles. The molecule has 1 aliphatic rings. The Bertz CT molecular complexity index is 766. The summed E-state index contributed by atoms with van der Waals surface area (Å²) >= 11 is 0. The van der Waals surface area contributed by atoms with Crippen LogP contribution in [0.4, 0.5) is 0 Å². The van der Waals surface area contributed by atoms with E-state index in [0.29, 0.717) is 6.54 Å². The quantitative estimate of drug-likeness (QED) is 0.833. The summed E-state index contributed by atoms with van der Waals surface area (Å²) in [4.78, 5) is 15.2. The predicted octanol–water partition coefficient (Wildman–Crippen LogP) is 4.21. The number of rotatable bonds is 6. The van der Waals surface area contributed by atoms with Gasteiger partial charge in [-0.1, -0.05) is 43.3 Å². The first-order chi connectivity index (χ1) is 13.1. The van der Waals surface area contributed by atoms with Crippen molar-refractivity contribution in [3.8, 4) is 5.75 Å². The highest BCUT2D eigenvalue weighted by Gasteiger charge is 2.27. The second-order valence-electron chi connectivity index (χ2n) is 7.50. The van der Waals surface area contributed by atoms with Crippen LogP contribution in [0.15, 0.2) is 48.5 Å². The predicted molar refractivity (Wildman–Crippen MR) is 109 cm³/mol. The van der Waals surface area contributed by atoms with Gasteiger partial charge in [-0.2, -0.15) is 0 Å². The second kappa shape index (κ2) is 9.05. The number of piperidine rings is 1. The van der Waals surface area contributed by atoms with E-state index in [1.165, 1.54) is 12.8 Å². The molecule has 2 aromatic rings. The van der Waals surface area contributed by atoms with Gasteiger partial charge in [0, 0.05) is 17.7 Å². The fourth-order valence-corrected chi connectivity index (χ4v) is 3.83. The molecule has 4 heteroatoms. The molecule has 27 heavy (non-hydrogen) atoms. The minimum absolute atomic E-state index is 0.0154. The van der Waals surface area contributed by atoms with E-state index in [1.807, 2.05) is 49.4 Å². The fraction of sp³-hybridized carbons (Fsp3) is 0.435. The lowest BCUT2D eigenvalue weighted by molar-refractivity contribution is 0.0910. The van der Waals surface area contributed by atoms with E-state index >= 15 is 0 Å². The maximum absolute atomic E-state index is 12.7. The molecule has 1 heterocycles. The fourth-order valence-electron chi connectivity index (χ4n) is 3.83. The van der Waals surface area contributed by atoms with Crippen molar-refractivity contribution in [3.63, 3.8) is 0 Å². The standard InChI is InChI=1S/C23H30N2O2/c1-17-12-14-25(15-13-17)21(20-10-6-7-11-22(20)27-3)16-24-23(26)19-9-5-4-8-18(19)2/h4-11,17,21H,12-16H2,1-3H3,(H,24,26). The largest absolute Gasteiger partial charge is 0.496 e. The van der Waals surface area contributed by atoms with E-state index in [2.05, 4.69) is 23.2 Å². The Balaban J connectivity index is 1.80. The van der Waals surface area contributed by atoms with Crippen LogP contribution in [0.5, 0.6) is 5.75 Å². The normalized spacial score (nSPS) is 16.7. The summed E-state index contributed by atoms with van der Waals surface area (Å²) in [6.07, 6.45) is 2.38. The zero-order valence-corrected chi connectivity index (χ0v) is 16.6. The molecule has 1 unspecified atom stereocenters. The van der Waals surface area contributed by atoms with Crippen LogP contribution in [-0.2, 0) is 0 Å². The number of hydrogen-bond donors (Lipinski definition) is 1. The molecule has 0 aliphatic carbocycles. The highest BCUT2D eigenvalue weighted by Crippen LogP contribution is 2.32. The molecule has 0 radical (unpaired) electrons. The Hall–Kier alpha value is -2.33. The topological polar surface area (TPSA) is 41.6 Å². The minimum atomic E-state index is -0.0154. The first-order valence-electron chi connectivity index (χ1n) is 9.81. The van der Waals surface area contributed by atoms with Crippen molar-refractivity contribution >= 4 is 5.91 Å². The molecule has 144 valence electrons. The number of aryl methyl sites for hydroxylation is 1. The van der Waals surface area contributed by atoms with E-state index in [-0.39, 0.29) is 11.9 Å². The highest BCUT2D eigenvalue weighted by atomic mass is 16.5. The van der Waals surface area contributed by atoms with Gasteiger partial charge in [-0.05, 0) is 56.5 Å². The van der Waals surface area contributed by atoms with Crippen molar-refractivity contribution in [2.45, 2.75) is 32.7 Å². The van der Waals surface area contributed by atoms with Crippen LogP contribution < -0.4 is 10.1 Å². The number of nitrogens with one attached hydrogen (secondary N) is 1. The van der Waals surface area contributed by atoms with Crippen LogP contribution >= 0.6 is 0 Å². The van der Waals surface area contributed by atoms with Gasteiger partial charge >= 0.3 is 0 Å². The molecule has 3 rings (SSSR count). The maximum Gasteiger partial charge on any atom is 0.251 e. The van der Waals surface area contributed by atoms with Gasteiger partial charge in [0.2, 0.25) is 0 Å². The third kappa shape index (κ3) is 4.69. The number of carbonyl (C=O) groups excluding carboxylic acids is 1. The van der Waals surface area contributed by atoms with Crippen molar-refractivity contribution in [3.05, 3.63) is 65.2 Å². The van der Waals surface area contributed by atoms with Gasteiger partial charge in [0.05, 0.1) is 13.2 Å². The van der Waals surface area contributed by atoms with Gasteiger partial charge < -0.3 is 10.1 Å². The van der Waals surface area contributed by atoms with Crippen LogP contribution in [-0.4, -0.2) is 37.6 Å². The number of ether oxygens (including phenoxy) is 1. The summed E-state index contributed by atoms with van der Waals surface area (Å²) < 4.78 is 5.61. The van der Waals surface area contributed by atoms with Crippen LogP contribution in [0.2, 0.25) is 0 Å². The Morgan fingerprint density at radius 3 is 2.52 bits per heavy atom. The number of benzene rings is 2. The van der Waals surface area contributed by atoms with Gasteiger partial charge in [-0.15, -0.1) is 0 Å². The number of amides is 1. The first kappa shape index (κ1) is 19.4. The zero-order chi connectivity index (χ0) is 19.2. The summed E-state index contributed by atoms with van der Waals surface area (Å²) in [6.45, 7) is 6.95. The molecule has 0 bridgehead atoms. The van der Waals surface area contributed by atoms with Crippen molar-refractivity contribution in [1.82, 2.24) is 10.2 Å². The highest BCUT2D eigenvalue weighted by molar-refractivity contribution is 5.95. The number of methoxy groups -OCH3 is 1. The summed E-state index contributed by atoms with van der Waals surface area (Å²) in [5.74, 6) is 1.63. The first-order valence-corrected chi connectivity index (χ1v) is 9.81. The van der Waals surface area contributed by atoms with Crippen LogP contribution in [0, 0.1) is 12.8 Å². The Morgan fingerprint density at radius 1 is 1.15 bits per heavy atom. The number of carbonyl (C=O) groups is 1. The summed E-state index contributed by atoms with van der Waals surface area (Å²) in [7, 11) is 1.71. The van der Waals surface area contributed by atoms with Crippen LogP contribution in [0.25, 0.3) is 0 Å². The van der Waals surface area contributed by atoms with Gasteiger partial charge in [0.1, 0.15) is 5.75 Å². The molecule has 1 amide bonds. The van der Waals surface area contributed by atoms with Gasteiger partial charge in [-0.3, -0.25) is 9.69 Å². The summed E-state index contributed by atoms with van der Waals surface area (Å²) in [5, 5.41) is 3.16. The third-order valence-corrected chi connectivity index (χ3v) is 5.60. The summed E-state index contributed by atoms with van der Waals surface area (Å²) in [6, 6.07) is 16.0. The van der Waals surface area contributed by atoms with Crippen LogP contribution in [0.1, 0.15) is 47.3 Å². The van der Waals surface area contributed by atoms with Crippen molar-refractivity contribution in [2.24, 2.45) is 5.92 Å². The number of likely N-dealkylation sites (tertiary alicyclic amines) is 1. The smallest absolute Gasteiger partial charge is 0.251 e. The number of nitrogens with zero attached hydrogens (tertiary/aromatic N) is 1. The monoisotopic (exact) mass is 366 g/mol. The SMILES string of the molecule is COc1ccccc1C(CNC(=O)c1ccccc1C)N1CCC(C)CC1. The number of para-hydroxylation sites is 1. The lowest BCUT2D eigenvalue weighted by atomic mass is 9.95. The minimum Gasteiger partial charge on any atom is -0.496 e. The lowest BCUT2D eigenvalue weighted by Gasteiger charge is -2.37. The molecule has 4 nitrogen and oxygen atoms in total. The average Bonchev–Trinajstić information content (AvgIpc) is 2.70. The molecule has 2 aromatic carbocycles. The van der Waals surface area contributed by atoms with Crippen molar-refractivity contribution in [1.29, 1.82) is 0 Å². The van der Waals surface area contributed by atoms with Crippen LogP contribution in [0.3, 0.4) is 0 Å². The molecule has 0 saturated carbocycles. The van der Waals surface area contributed by atoms with E-state index in [9.17, 15) is 4.79 Å². The summed E-state index contributed by atoms with van der Waals surface area (Å²) in [5.41, 5.74) is 2.87. The zero-order valence-electron chi connectivity index (χ0n) is 16.6. The van der Waals surface area contributed by atoms with Crippen molar-refractivity contribution < 1.29 is 9.53 Å². The molecular weight excluding hydrogens is 336 g/mol. The van der Waals surface area contributed by atoms with Crippen molar-refractivity contribution in [2.75, 3.05) is 26.7 Å². The average molecular weight is 367 g/mol. The molecule has 1 aliphatic heterocycles. The molecule has 1 fully saturated rings. The second-order valence-corrected chi connectivity index (χ2v) is 7.50. The Labute approximate surface area is 162 Å². The Kier molecular flexibility index (Phi) is 6.51. The van der Waals surface area contributed by atoms with E-state index in [0.717, 1.165) is 41.4 Å².